The van der Waals surface area contributed by atoms with Crippen LogP contribution in [0.4, 0.5) is 0 Å². The molecule has 0 fully saturated rings. The van der Waals surface area contributed by atoms with Gasteiger partial charge in [-0.15, -0.1) is 0 Å². The van der Waals surface area contributed by atoms with Crippen molar-refractivity contribution >= 4 is 71.2 Å². The topological polar surface area (TPSA) is 98.7 Å². The Morgan fingerprint density at radius 3 is 1.23 bits per heavy atom. The second kappa shape index (κ2) is 12.8. The van der Waals surface area contributed by atoms with Crippen LogP contribution in [0.15, 0.2) is 72.8 Å². The monoisotopic (exact) mass is 498 g/mol. The van der Waals surface area contributed by atoms with Crippen LogP contribution in [0, 0.1) is 0 Å². The minimum Gasteiger partial charge on any atom is -0.550 e. The molecule has 4 aromatic rings. The molecule has 0 N–H and O–H groups in total. The standard InChI is InChI=1S/2C14H14O3.Ca/c2*1-9(14(15)16)10-3-4-12-8-13(17-2)6-5-11(12)7-10;/h2*3-9H,1-2H3,(H,15,16);/q;;+2/p-2/t2*9-;/m00./s1. The molecule has 0 heterocycles. The van der Waals surface area contributed by atoms with Crippen molar-refractivity contribution in [2.75, 3.05) is 14.2 Å². The fourth-order valence-electron chi connectivity index (χ4n) is 3.55. The van der Waals surface area contributed by atoms with Crippen LogP contribution in [0.3, 0.4) is 0 Å². The van der Waals surface area contributed by atoms with Gasteiger partial charge in [0.25, 0.3) is 0 Å². The number of aliphatic carboxylic acids is 2. The van der Waals surface area contributed by atoms with Gasteiger partial charge >= 0.3 is 37.7 Å². The summed E-state index contributed by atoms with van der Waals surface area (Å²) in [6.07, 6.45) is 0. The molecule has 176 valence electrons. The summed E-state index contributed by atoms with van der Waals surface area (Å²) in [6.45, 7) is 3.25. The van der Waals surface area contributed by atoms with E-state index < -0.39 is 23.8 Å². The molecule has 4 aromatic carbocycles. The third kappa shape index (κ3) is 7.10. The number of ether oxygens (including phenoxy) is 2. The molecule has 0 saturated carbocycles. The van der Waals surface area contributed by atoms with Crippen LogP contribution in [0.2, 0.25) is 0 Å². The molecular weight excluding hydrogens is 472 g/mol. The predicted octanol–water partition coefficient (Wildman–Crippen LogP) is 3.02. The maximum Gasteiger partial charge on any atom is 2.00 e. The number of carboxylic acids is 2. The first-order valence-corrected chi connectivity index (χ1v) is 10.8. The van der Waals surface area contributed by atoms with Gasteiger partial charge in [-0.25, -0.2) is 0 Å². The maximum atomic E-state index is 10.8. The predicted molar refractivity (Wildman–Crippen MR) is 134 cm³/mol. The van der Waals surface area contributed by atoms with Gasteiger partial charge in [-0.2, -0.15) is 0 Å². The number of hydrogen-bond donors (Lipinski definition) is 0. The average molecular weight is 499 g/mol. The molecule has 0 aliphatic heterocycles. The summed E-state index contributed by atoms with van der Waals surface area (Å²) in [6, 6.07) is 22.5. The normalized spacial score (nSPS) is 12.0. The third-order valence-corrected chi connectivity index (χ3v) is 5.85. The second-order valence-corrected chi connectivity index (χ2v) is 8.03. The molecule has 35 heavy (non-hydrogen) atoms. The van der Waals surface area contributed by atoms with E-state index in [1.54, 1.807) is 28.1 Å². The Hall–Kier alpha value is -2.80. The number of methoxy groups -OCH3 is 2. The summed E-state index contributed by atoms with van der Waals surface area (Å²) in [5.41, 5.74) is 1.50. The van der Waals surface area contributed by atoms with Crippen molar-refractivity contribution in [2.24, 2.45) is 0 Å². The molecule has 6 nitrogen and oxygen atoms in total. The summed E-state index contributed by atoms with van der Waals surface area (Å²) in [4.78, 5) is 21.6. The van der Waals surface area contributed by atoms with Crippen molar-refractivity contribution in [3.05, 3.63) is 83.9 Å². The fourth-order valence-corrected chi connectivity index (χ4v) is 3.55. The van der Waals surface area contributed by atoms with Gasteiger partial charge in [0.15, 0.2) is 0 Å². The minimum absolute atomic E-state index is 0. The first kappa shape index (κ1) is 28.4. The van der Waals surface area contributed by atoms with Crippen LogP contribution in [0.5, 0.6) is 11.5 Å². The molecule has 0 bridgehead atoms. The molecule has 0 unspecified atom stereocenters. The quantitative estimate of drug-likeness (QED) is 0.379. The van der Waals surface area contributed by atoms with Crippen molar-refractivity contribution in [3.63, 3.8) is 0 Å². The van der Waals surface area contributed by atoms with Gasteiger partial charge in [0.2, 0.25) is 0 Å². The van der Waals surface area contributed by atoms with Gasteiger partial charge in [0, 0.05) is 23.8 Å². The van der Waals surface area contributed by atoms with Gasteiger partial charge in [0.1, 0.15) is 11.5 Å². The van der Waals surface area contributed by atoms with E-state index in [0.29, 0.717) is 0 Å². The Labute approximate surface area is 234 Å². The molecular formula is C28H26CaO6. The van der Waals surface area contributed by atoms with Crippen LogP contribution in [0.25, 0.3) is 21.5 Å². The number of benzene rings is 4. The average Bonchev–Trinajstić information content (AvgIpc) is 2.86. The summed E-state index contributed by atoms with van der Waals surface area (Å²) in [5.74, 6) is -1.73. The van der Waals surface area contributed by atoms with Gasteiger partial charge in [-0.05, 0) is 56.9 Å². The maximum absolute atomic E-state index is 10.8. The fraction of sp³-hybridized carbons (Fsp3) is 0.214. The molecule has 0 spiro atoms. The first-order chi connectivity index (χ1) is 16.2. The van der Waals surface area contributed by atoms with Gasteiger partial charge < -0.3 is 29.3 Å². The Morgan fingerprint density at radius 2 is 0.914 bits per heavy atom. The van der Waals surface area contributed by atoms with Crippen molar-refractivity contribution in [3.8, 4) is 11.5 Å². The van der Waals surface area contributed by atoms with E-state index in [0.717, 1.165) is 44.2 Å². The van der Waals surface area contributed by atoms with Gasteiger partial charge in [-0.1, -0.05) is 62.4 Å². The van der Waals surface area contributed by atoms with Crippen LogP contribution in [-0.2, 0) is 9.59 Å². The van der Waals surface area contributed by atoms with Crippen LogP contribution in [0.1, 0.15) is 36.8 Å². The van der Waals surface area contributed by atoms with E-state index in [2.05, 4.69) is 0 Å². The Morgan fingerprint density at radius 1 is 0.600 bits per heavy atom. The smallest absolute Gasteiger partial charge is 0.550 e. The van der Waals surface area contributed by atoms with Gasteiger partial charge in [-0.3, -0.25) is 0 Å². The zero-order chi connectivity index (χ0) is 24.8. The molecule has 0 radical (unpaired) electrons. The zero-order valence-corrected chi connectivity index (χ0v) is 22.4. The Bertz CT molecular complexity index is 1230. The molecule has 0 aromatic heterocycles. The molecule has 7 heteroatoms. The number of carbonyl (C=O) groups is 2. The van der Waals surface area contributed by atoms with E-state index in [-0.39, 0.29) is 37.7 Å². The molecule has 0 amide bonds. The van der Waals surface area contributed by atoms with Crippen molar-refractivity contribution in [1.82, 2.24) is 0 Å². The van der Waals surface area contributed by atoms with Crippen molar-refractivity contribution < 1.29 is 29.3 Å². The molecule has 0 saturated heterocycles. The number of carbonyl (C=O) groups excluding carboxylic acids is 2. The molecule has 2 atom stereocenters. The summed E-state index contributed by atoms with van der Waals surface area (Å²) >= 11 is 0. The number of fused-ring (bicyclic) bond motifs is 2. The van der Waals surface area contributed by atoms with Crippen LogP contribution in [-0.4, -0.2) is 63.9 Å². The molecule has 0 aliphatic carbocycles. The third-order valence-electron chi connectivity index (χ3n) is 5.85. The molecule has 4 rings (SSSR count). The summed E-state index contributed by atoms with van der Waals surface area (Å²) in [5, 5.41) is 25.7. The number of carboxylic acid groups (broad SMARTS) is 2. The number of hydrogen-bond acceptors (Lipinski definition) is 6. The van der Waals surface area contributed by atoms with Crippen LogP contribution < -0.4 is 19.7 Å². The largest absolute Gasteiger partial charge is 2.00 e. The van der Waals surface area contributed by atoms with E-state index in [1.807, 2.05) is 72.8 Å². The first-order valence-electron chi connectivity index (χ1n) is 10.8. The summed E-state index contributed by atoms with van der Waals surface area (Å²) < 4.78 is 10.3. The Balaban J connectivity index is 0.000000240. The summed E-state index contributed by atoms with van der Waals surface area (Å²) in [7, 11) is 3.24. The second-order valence-electron chi connectivity index (χ2n) is 8.03. The SMILES string of the molecule is COc1ccc2cc([C@H](C)C(=O)[O-])ccc2c1.COc1ccc2cc([C@H](C)C(=O)[O-])ccc2c1.[Ca+2]. The van der Waals surface area contributed by atoms with E-state index in [1.165, 1.54) is 0 Å². The van der Waals surface area contributed by atoms with Gasteiger partial charge in [0.05, 0.1) is 14.2 Å². The van der Waals surface area contributed by atoms with E-state index in [4.69, 9.17) is 9.47 Å². The van der Waals surface area contributed by atoms with E-state index in [9.17, 15) is 19.8 Å². The van der Waals surface area contributed by atoms with Crippen LogP contribution >= 0.6 is 0 Å². The number of rotatable bonds is 6. The zero-order valence-electron chi connectivity index (χ0n) is 20.2. The van der Waals surface area contributed by atoms with E-state index >= 15 is 0 Å². The minimum atomic E-state index is -1.06. The van der Waals surface area contributed by atoms with Crippen molar-refractivity contribution in [1.29, 1.82) is 0 Å². The Kier molecular flexibility index (Phi) is 10.4. The molecule has 0 aliphatic rings. The van der Waals surface area contributed by atoms with Crippen molar-refractivity contribution in [2.45, 2.75) is 25.7 Å².